The standard InChI is InChI=1S/C28H29FNO5P/c1-17(2)26-23(13-14-28(19(4)31,27(32)33)36(34)35-5)24(22-12-11-21(29)15-18(22)3)16-25(30-26)20-9-7-6-8-10-20/h6-12,15-17,19,31,36H,1-5H3,(H,32,33). The summed E-state index contributed by atoms with van der Waals surface area (Å²) in [6.45, 7) is 6.85. The Kier molecular flexibility index (Phi) is 8.47. The van der Waals surface area contributed by atoms with Gasteiger partial charge >= 0.3 is 5.97 Å². The molecule has 0 aliphatic rings. The van der Waals surface area contributed by atoms with Crippen LogP contribution in [-0.2, 0) is 13.9 Å². The maximum Gasteiger partial charge on any atom is 0.334 e. The molecule has 3 aromatic rings. The van der Waals surface area contributed by atoms with Crippen LogP contribution in [0.1, 0.15) is 43.5 Å². The third-order valence-electron chi connectivity index (χ3n) is 6.00. The number of aliphatic carboxylic acids is 1. The predicted molar refractivity (Wildman–Crippen MR) is 139 cm³/mol. The van der Waals surface area contributed by atoms with Crippen molar-refractivity contribution in [2.45, 2.75) is 44.9 Å². The second-order valence-corrected chi connectivity index (χ2v) is 10.6. The van der Waals surface area contributed by atoms with Gasteiger partial charge in [-0.1, -0.05) is 62.1 Å². The van der Waals surface area contributed by atoms with Gasteiger partial charge in [0.2, 0.25) is 13.2 Å². The van der Waals surface area contributed by atoms with E-state index in [1.807, 2.05) is 50.2 Å². The van der Waals surface area contributed by atoms with Gasteiger partial charge < -0.3 is 14.7 Å². The van der Waals surface area contributed by atoms with Crippen molar-refractivity contribution >= 4 is 14.0 Å². The Morgan fingerprint density at radius 3 is 2.31 bits per heavy atom. The zero-order chi connectivity index (χ0) is 26.6. The van der Waals surface area contributed by atoms with Gasteiger partial charge in [-0.2, -0.15) is 0 Å². The average Bonchev–Trinajstić information content (AvgIpc) is 2.84. The second-order valence-electron chi connectivity index (χ2n) is 8.83. The molecule has 3 rings (SSSR count). The monoisotopic (exact) mass is 509 g/mol. The van der Waals surface area contributed by atoms with Gasteiger partial charge in [-0.15, -0.1) is 0 Å². The van der Waals surface area contributed by atoms with Crippen LogP contribution in [0, 0.1) is 24.6 Å². The molecule has 6 nitrogen and oxygen atoms in total. The van der Waals surface area contributed by atoms with Crippen molar-refractivity contribution in [3.05, 3.63) is 77.2 Å². The lowest BCUT2D eigenvalue weighted by Crippen LogP contribution is -2.44. The minimum absolute atomic E-state index is 0.123. The summed E-state index contributed by atoms with van der Waals surface area (Å²) in [6, 6.07) is 15.8. The van der Waals surface area contributed by atoms with Crippen LogP contribution in [0.25, 0.3) is 22.4 Å². The Hall–Kier alpha value is -3.30. The zero-order valence-electron chi connectivity index (χ0n) is 20.8. The summed E-state index contributed by atoms with van der Waals surface area (Å²) in [5.41, 5.74) is 4.52. The van der Waals surface area contributed by atoms with Crippen LogP contribution in [0.4, 0.5) is 4.39 Å². The number of aliphatic hydroxyl groups is 1. The summed E-state index contributed by atoms with van der Waals surface area (Å²) in [5, 5.41) is 18.0. The van der Waals surface area contributed by atoms with E-state index in [-0.39, 0.29) is 11.7 Å². The van der Waals surface area contributed by atoms with Crippen molar-refractivity contribution in [2.24, 2.45) is 0 Å². The van der Waals surface area contributed by atoms with E-state index in [1.54, 1.807) is 13.0 Å². The molecule has 188 valence electrons. The van der Waals surface area contributed by atoms with E-state index in [0.717, 1.165) is 12.7 Å². The van der Waals surface area contributed by atoms with E-state index in [4.69, 9.17) is 9.51 Å². The van der Waals surface area contributed by atoms with Crippen LogP contribution in [0.15, 0.2) is 54.6 Å². The van der Waals surface area contributed by atoms with Crippen LogP contribution < -0.4 is 0 Å². The Balaban J connectivity index is 2.43. The maximum atomic E-state index is 13.9. The van der Waals surface area contributed by atoms with Crippen molar-refractivity contribution < 1.29 is 28.5 Å². The molecule has 0 saturated heterocycles. The number of carboxylic acid groups (broad SMARTS) is 1. The number of hydrogen-bond donors (Lipinski definition) is 2. The molecule has 8 heteroatoms. The van der Waals surface area contributed by atoms with Gasteiger partial charge in [0.15, 0.2) is 0 Å². The van der Waals surface area contributed by atoms with E-state index in [0.29, 0.717) is 33.6 Å². The van der Waals surface area contributed by atoms with Crippen LogP contribution >= 0.6 is 8.03 Å². The molecule has 36 heavy (non-hydrogen) atoms. The normalized spacial score (nSPS) is 14.4. The zero-order valence-corrected chi connectivity index (χ0v) is 21.8. The van der Waals surface area contributed by atoms with Gasteiger partial charge in [0.1, 0.15) is 5.82 Å². The summed E-state index contributed by atoms with van der Waals surface area (Å²) in [7, 11) is -2.19. The third-order valence-corrected chi connectivity index (χ3v) is 7.77. The van der Waals surface area contributed by atoms with Crippen LogP contribution in [0.2, 0.25) is 0 Å². The molecule has 2 N–H and O–H groups in total. The summed E-state index contributed by atoms with van der Waals surface area (Å²) in [4.78, 5) is 17.1. The molecule has 0 aliphatic carbocycles. The van der Waals surface area contributed by atoms with Gasteiger partial charge in [-0.25, -0.2) is 9.18 Å². The fourth-order valence-corrected chi connectivity index (χ4v) is 4.98. The molecule has 0 spiro atoms. The Morgan fingerprint density at radius 1 is 1.11 bits per heavy atom. The SMILES string of the molecule is CO[PH](=O)C(C#Cc1c(-c2ccc(F)cc2C)cc(-c2ccccc2)nc1C(C)C)(C(=O)O)C(C)O. The van der Waals surface area contributed by atoms with Gasteiger partial charge in [0, 0.05) is 18.2 Å². The molecular formula is C28H29FNO5P. The molecule has 2 aromatic carbocycles. The summed E-state index contributed by atoms with van der Waals surface area (Å²) < 4.78 is 31.5. The smallest absolute Gasteiger partial charge is 0.334 e. The Labute approximate surface area is 211 Å². The number of nitrogens with zero attached hydrogens (tertiary/aromatic N) is 1. The lowest BCUT2D eigenvalue weighted by molar-refractivity contribution is -0.141. The van der Waals surface area contributed by atoms with Crippen molar-refractivity contribution in [3.63, 3.8) is 0 Å². The molecule has 1 aromatic heterocycles. The number of benzene rings is 2. The van der Waals surface area contributed by atoms with Gasteiger partial charge in [-0.05, 0) is 49.1 Å². The highest BCUT2D eigenvalue weighted by Gasteiger charge is 2.48. The molecule has 3 unspecified atom stereocenters. The molecule has 0 bridgehead atoms. The van der Waals surface area contributed by atoms with Gasteiger partial charge in [-0.3, -0.25) is 9.55 Å². The highest BCUT2D eigenvalue weighted by molar-refractivity contribution is 7.43. The van der Waals surface area contributed by atoms with Crippen LogP contribution in [0.3, 0.4) is 0 Å². The topological polar surface area (TPSA) is 96.7 Å². The third kappa shape index (κ3) is 5.27. The number of pyridine rings is 1. The van der Waals surface area contributed by atoms with Crippen LogP contribution in [0.5, 0.6) is 0 Å². The van der Waals surface area contributed by atoms with E-state index < -0.39 is 25.3 Å². The summed E-state index contributed by atoms with van der Waals surface area (Å²) >= 11 is 0. The molecule has 0 aliphatic heterocycles. The lowest BCUT2D eigenvalue weighted by Gasteiger charge is -2.25. The highest BCUT2D eigenvalue weighted by atomic mass is 31.1. The van der Waals surface area contributed by atoms with E-state index in [1.165, 1.54) is 19.1 Å². The second kappa shape index (κ2) is 11.2. The average molecular weight is 510 g/mol. The Bertz CT molecular complexity index is 1360. The van der Waals surface area contributed by atoms with Gasteiger partial charge in [0.25, 0.3) is 0 Å². The lowest BCUT2D eigenvalue weighted by atomic mass is 9.90. The predicted octanol–water partition coefficient (Wildman–Crippen LogP) is 5.66. The fraction of sp³-hybridized carbons (Fsp3) is 0.286. The van der Waals surface area contributed by atoms with Gasteiger partial charge in [0.05, 0.1) is 23.1 Å². The van der Waals surface area contributed by atoms with E-state index in [9.17, 15) is 24.0 Å². The molecule has 0 saturated carbocycles. The molecule has 0 radical (unpaired) electrons. The molecule has 0 amide bonds. The number of rotatable bonds is 7. The number of carbonyl (C=O) groups is 1. The van der Waals surface area contributed by atoms with Crippen molar-refractivity contribution in [1.82, 2.24) is 4.98 Å². The largest absolute Gasteiger partial charge is 0.480 e. The molecule has 3 atom stereocenters. The summed E-state index contributed by atoms with van der Waals surface area (Å²) in [6.07, 6.45) is -1.58. The van der Waals surface area contributed by atoms with Crippen LogP contribution in [-0.4, -0.2) is 39.5 Å². The van der Waals surface area contributed by atoms with Crippen molar-refractivity contribution in [2.75, 3.05) is 7.11 Å². The number of hydrogen-bond acceptors (Lipinski definition) is 5. The van der Waals surface area contributed by atoms with E-state index in [2.05, 4.69) is 11.8 Å². The number of carboxylic acids is 1. The Morgan fingerprint density at radius 2 is 1.78 bits per heavy atom. The molecule has 1 heterocycles. The first-order valence-corrected chi connectivity index (χ1v) is 12.7. The molecule has 0 fully saturated rings. The highest BCUT2D eigenvalue weighted by Crippen LogP contribution is 2.43. The number of halogens is 1. The fourth-order valence-electron chi connectivity index (χ4n) is 3.98. The quantitative estimate of drug-likeness (QED) is 0.315. The minimum atomic E-state index is -3.31. The first-order chi connectivity index (χ1) is 17.0. The number of aryl methyl sites for hydroxylation is 1. The maximum absolute atomic E-state index is 13.9. The van der Waals surface area contributed by atoms with Crippen molar-refractivity contribution in [3.8, 4) is 34.2 Å². The molecular weight excluding hydrogens is 480 g/mol. The first-order valence-electron chi connectivity index (χ1n) is 11.4. The summed E-state index contributed by atoms with van der Waals surface area (Å²) in [5.74, 6) is 3.43. The minimum Gasteiger partial charge on any atom is -0.480 e. The first kappa shape index (κ1) is 27.3. The number of aromatic nitrogens is 1. The number of aliphatic hydroxyl groups excluding tert-OH is 1. The van der Waals surface area contributed by atoms with Crippen molar-refractivity contribution in [1.29, 1.82) is 0 Å². The van der Waals surface area contributed by atoms with E-state index >= 15 is 0 Å².